The molecule has 0 aliphatic carbocycles. The van der Waals surface area contributed by atoms with Crippen molar-refractivity contribution in [1.82, 2.24) is 15.3 Å². The van der Waals surface area contributed by atoms with Crippen LogP contribution in [0.2, 0.25) is 0 Å². The first-order chi connectivity index (χ1) is 9.70. The van der Waals surface area contributed by atoms with Crippen molar-refractivity contribution in [2.45, 2.75) is 0 Å². The molecule has 6 nitrogen and oxygen atoms in total. The Balaban J connectivity index is 2.14. The molecule has 0 saturated heterocycles. The normalized spacial score (nSPS) is 10.9. The molecule has 1 aromatic carbocycles. The van der Waals surface area contributed by atoms with Gasteiger partial charge in [-0.25, -0.2) is 9.97 Å². The lowest BCUT2D eigenvalue weighted by molar-refractivity contribution is -0.119. The van der Waals surface area contributed by atoms with E-state index in [0.717, 1.165) is 16.5 Å². The Morgan fingerprint density at radius 1 is 1.35 bits per heavy atom. The van der Waals surface area contributed by atoms with Gasteiger partial charge in [0.2, 0.25) is 5.91 Å². The zero-order valence-electron chi connectivity index (χ0n) is 11.3. The van der Waals surface area contributed by atoms with Crippen LogP contribution in [-0.2, 0) is 4.79 Å². The van der Waals surface area contributed by atoms with Crippen LogP contribution in [0.25, 0.3) is 22.1 Å². The molecule has 0 fully saturated rings. The zero-order valence-corrected chi connectivity index (χ0v) is 11.3. The summed E-state index contributed by atoms with van der Waals surface area (Å²) in [5.74, 6) is 0.519. The summed E-state index contributed by atoms with van der Waals surface area (Å²) in [6.07, 6.45) is 1.49. The van der Waals surface area contributed by atoms with Crippen LogP contribution in [0.3, 0.4) is 0 Å². The minimum Gasteiger partial charge on any atom is -0.450 e. The van der Waals surface area contributed by atoms with Gasteiger partial charge in [-0.05, 0) is 12.1 Å². The van der Waals surface area contributed by atoms with Crippen LogP contribution in [0, 0.1) is 0 Å². The summed E-state index contributed by atoms with van der Waals surface area (Å²) in [6.45, 7) is 0.208. The second-order valence-corrected chi connectivity index (χ2v) is 4.50. The van der Waals surface area contributed by atoms with E-state index >= 15 is 0 Å². The summed E-state index contributed by atoms with van der Waals surface area (Å²) in [4.78, 5) is 21.7. The van der Waals surface area contributed by atoms with E-state index in [2.05, 4.69) is 15.3 Å². The van der Waals surface area contributed by atoms with Crippen molar-refractivity contribution in [3.63, 3.8) is 0 Å². The lowest BCUT2D eigenvalue weighted by Crippen LogP contribution is -2.33. The summed E-state index contributed by atoms with van der Waals surface area (Å²) in [7, 11) is 3.40. The smallest absolute Gasteiger partial charge is 0.239 e. The van der Waals surface area contributed by atoms with Crippen molar-refractivity contribution in [3.05, 3.63) is 30.6 Å². The van der Waals surface area contributed by atoms with Gasteiger partial charge in [-0.1, -0.05) is 12.1 Å². The van der Waals surface area contributed by atoms with Gasteiger partial charge >= 0.3 is 0 Å². The molecular weight excluding hydrogens is 256 g/mol. The Morgan fingerprint density at radius 2 is 2.15 bits per heavy atom. The van der Waals surface area contributed by atoms with Gasteiger partial charge in [0.1, 0.15) is 17.4 Å². The highest BCUT2D eigenvalue weighted by Gasteiger charge is 2.16. The summed E-state index contributed by atoms with van der Waals surface area (Å²) < 4.78 is 5.82. The summed E-state index contributed by atoms with van der Waals surface area (Å²) in [5, 5.41) is 3.53. The van der Waals surface area contributed by atoms with Gasteiger partial charge in [0.15, 0.2) is 11.4 Å². The molecule has 102 valence electrons. The van der Waals surface area contributed by atoms with E-state index in [9.17, 15) is 4.79 Å². The molecule has 20 heavy (non-hydrogen) atoms. The van der Waals surface area contributed by atoms with Crippen LogP contribution in [-0.4, -0.2) is 36.5 Å². The van der Waals surface area contributed by atoms with Crippen LogP contribution in [0.4, 0.5) is 5.82 Å². The number of nitrogens with zero attached hydrogens (tertiary/aromatic N) is 3. The Kier molecular flexibility index (Phi) is 2.98. The van der Waals surface area contributed by atoms with Gasteiger partial charge in [0.05, 0.1) is 6.54 Å². The fraction of sp³-hybridized carbons (Fsp3) is 0.214. The van der Waals surface area contributed by atoms with Crippen molar-refractivity contribution >= 4 is 33.8 Å². The third-order valence-corrected chi connectivity index (χ3v) is 3.16. The molecule has 3 rings (SSSR count). The molecule has 0 aliphatic rings. The summed E-state index contributed by atoms with van der Waals surface area (Å²) in [6, 6.07) is 7.69. The standard InChI is InChI=1S/C14H14N4O2/c1-15-11(19)7-18(2)14-13-12(16-8-17-14)9-5-3-4-6-10(9)20-13/h3-6,8H,7H2,1-2H3,(H,15,19). The highest BCUT2D eigenvalue weighted by atomic mass is 16.3. The van der Waals surface area contributed by atoms with E-state index in [0.29, 0.717) is 11.4 Å². The number of carbonyl (C=O) groups excluding carboxylic acids is 1. The van der Waals surface area contributed by atoms with Crippen molar-refractivity contribution < 1.29 is 9.21 Å². The van der Waals surface area contributed by atoms with Crippen LogP contribution in [0.15, 0.2) is 35.0 Å². The predicted molar refractivity (Wildman–Crippen MR) is 76.6 cm³/mol. The number of hydrogen-bond acceptors (Lipinski definition) is 5. The molecule has 1 N–H and O–H groups in total. The quantitative estimate of drug-likeness (QED) is 0.782. The number of hydrogen-bond donors (Lipinski definition) is 1. The lowest BCUT2D eigenvalue weighted by atomic mass is 10.2. The largest absolute Gasteiger partial charge is 0.450 e. The first-order valence-corrected chi connectivity index (χ1v) is 6.24. The van der Waals surface area contributed by atoms with E-state index in [1.807, 2.05) is 24.3 Å². The van der Waals surface area contributed by atoms with Crippen LogP contribution in [0.5, 0.6) is 0 Å². The zero-order chi connectivity index (χ0) is 14.1. The topological polar surface area (TPSA) is 71.3 Å². The summed E-state index contributed by atoms with van der Waals surface area (Å²) in [5.41, 5.74) is 2.12. The number of aromatic nitrogens is 2. The average molecular weight is 270 g/mol. The second-order valence-electron chi connectivity index (χ2n) is 4.50. The number of nitrogens with one attached hydrogen (secondary N) is 1. The monoisotopic (exact) mass is 270 g/mol. The minimum absolute atomic E-state index is 0.0876. The van der Waals surface area contributed by atoms with Gasteiger partial charge in [-0.15, -0.1) is 0 Å². The molecule has 0 saturated carbocycles. The van der Waals surface area contributed by atoms with E-state index in [1.165, 1.54) is 6.33 Å². The maximum absolute atomic E-state index is 11.5. The number of fused-ring (bicyclic) bond motifs is 3. The van der Waals surface area contributed by atoms with E-state index in [1.54, 1.807) is 19.0 Å². The SMILES string of the molecule is CNC(=O)CN(C)c1ncnc2c1oc1ccccc12. The van der Waals surface area contributed by atoms with Gasteiger partial charge in [0.25, 0.3) is 0 Å². The predicted octanol–water partition coefficient (Wildman–Crippen LogP) is 1.56. The Morgan fingerprint density at radius 3 is 2.95 bits per heavy atom. The van der Waals surface area contributed by atoms with Crippen LogP contribution in [0.1, 0.15) is 0 Å². The van der Waals surface area contributed by atoms with E-state index < -0.39 is 0 Å². The minimum atomic E-state index is -0.0876. The first kappa shape index (κ1) is 12.4. The molecule has 2 heterocycles. The van der Waals surface area contributed by atoms with Crippen molar-refractivity contribution in [2.75, 3.05) is 25.5 Å². The lowest BCUT2D eigenvalue weighted by Gasteiger charge is -2.16. The molecule has 2 aromatic heterocycles. The highest BCUT2D eigenvalue weighted by Crippen LogP contribution is 2.31. The van der Waals surface area contributed by atoms with Crippen LogP contribution >= 0.6 is 0 Å². The molecule has 0 radical (unpaired) electrons. The number of furan rings is 1. The fourth-order valence-corrected chi connectivity index (χ4v) is 2.15. The van der Waals surface area contributed by atoms with Crippen molar-refractivity contribution in [2.24, 2.45) is 0 Å². The van der Waals surface area contributed by atoms with Gasteiger partial charge in [-0.2, -0.15) is 0 Å². The number of rotatable bonds is 3. The van der Waals surface area contributed by atoms with Crippen LogP contribution < -0.4 is 10.2 Å². The van der Waals surface area contributed by atoms with Crippen molar-refractivity contribution in [3.8, 4) is 0 Å². The highest BCUT2D eigenvalue weighted by molar-refractivity contribution is 6.05. The third-order valence-electron chi connectivity index (χ3n) is 3.16. The van der Waals surface area contributed by atoms with Gasteiger partial charge in [-0.3, -0.25) is 4.79 Å². The maximum atomic E-state index is 11.5. The number of para-hydroxylation sites is 1. The molecule has 0 atom stereocenters. The number of anilines is 1. The molecular formula is C14H14N4O2. The summed E-state index contributed by atoms with van der Waals surface area (Å²) >= 11 is 0. The molecule has 3 aromatic rings. The van der Waals surface area contributed by atoms with E-state index in [-0.39, 0.29) is 12.5 Å². The maximum Gasteiger partial charge on any atom is 0.239 e. The third kappa shape index (κ3) is 1.95. The second kappa shape index (κ2) is 4.80. The molecule has 6 heteroatoms. The van der Waals surface area contributed by atoms with E-state index in [4.69, 9.17) is 4.42 Å². The van der Waals surface area contributed by atoms with Gasteiger partial charge in [0, 0.05) is 19.5 Å². The Labute approximate surface area is 115 Å². The average Bonchev–Trinajstić information content (AvgIpc) is 2.85. The Hall–Kier alpha value is -2.63. The molecule has 0 aliphatic heterocycles. The molecule has 0 unspecified atom stereocenters. The first-order valence-electron chi connectivity index (χ1n) is 6.24. The number of amides is 1. The van der Waals surface area contributed by atoms with Crippen molar-refractivity contribution in [1.29, 1.82) is 0 Å². The molecule has 0 spiro atoms. The number of benzene rings is 1. The number of likely N-dealkylation sites (N-methyl/N-ethyl adjacent to an activating group) is 2. The van der Waals surface area contributed by atoms with Gasteiger partial charge < -0.3 is 14.6 Å². The molecule has 0 bridgehead atoms. The molecule has 1 amide bonds. The number of carbonyl (C=O) groups is 1. The fourth-order valence-electron chi connectivity index (χ4n) is 2.15. The Bertz CT molecular complexity index is 781.